The summed E-state index contributed by atoms with van der Waals surface area (Å²) in [5, 5.41) is 0. The normalized spacial score (nSPS) is 12.0. The molecular weight excluding hydrogens is 138 g/mol. The predicted octanol–water partition coefficient (Wildman–Crippen LogP) is 0.954. The fraction of sp³-hybridized carbons (Fsp3) is 0.625. The number of hydrogen-bond donors (Lipinski definition) is 2. The third-order valence-electron chi connectivity index (χ3n) is 1.98. The van der Waals surface area contributed by atoms with Crippen LogP contribution in [0.2, 0.25) is 0 Å². The van der Waals surface area contributed by atoms with E-state index in [1.807, 2.05) is 6.92 Å². The molecule has 0 atom stereocenters. The van der Waals surface area contributed by atoms with Crippen LogP contribution in [0.1, 0.15) is 25.2 Å². The van der Waals surface area contributed by atoms with E-state index in [9.17, 15) is 0 Å². The van der Waals surface area contributed by atoms with Crippen LogP contribution in [0.5, 0.6) is 0 Å². The molecule has 0 aliphatic carbocycles. The van der Waals surface area contributed by atoms with Gasteiger partial charge in [0.2, 0.25) is 0 Å². The Morgan fingerprint density at radius 3 is 2.64 bits per heavy atom. The minimum absolute atomic E-state index is 0.00984. The summed E-state index contributed by atoms with van der Waals surface area (Å²) in [4.78, 5) is 7.27. The molecule has 0 saturated heterocycles. The summed E-state index contributed by atoms with van der Waals surface area (Å²) in [5.41, 5.74) is 7.78. The molecule has 3 nitrogen and oxygen atoms in total. The van der Waals surface area contributed by atoms with Gasteiger partial charge in [0, 0.05) is 17.7 Å². The molecule has 11 heavy (non-hydrogen) atoms. The number of nitrogens with one attached hydrogen (secondary N) is 1. The standard InChI is InChI=1S/C8H15N3/c1-6-7(11-5-10-6)8(2,3)4-9/h5H,4,9H2,1-3H3,(H,10,11). The molecule has 3 heteroatoms. The maximum Gasteiger partial charge on any atom is 0.0925 e. The zero-order valence-electron chi connectivity index (χ0n) is 7.31. The molecule has 0 amide bonds. The fourth-order valence-corrected chi connectivity index (χ4v) is 1.14. The number of nitrogens with two attached hydrogens (primary N) is 1. The van der Waals surface area contributed by atoms with E-state index < -0.39 is 0 Å². The number of aromatic nitrogens is 2. The van der Waals surface area contributed by atoms with Gasteiger partial charge in [-0.2, -0.15) is 0 Å². The highest BCUT2D eigenvalue weighted by atomic mass is 14.9. The Balaban J connectivity index is 3.00. The van der Waals surface area contributed by atoms with Gasteiger partial charge in [0.1, 0.15) is 0 Å². The average Bonchev–Trinajstić information content (AvgIpc) is 2.36. The van der Waals surface area contributed by atoms with Crippen molar-refractivity contribution in [1.29, 1.82) is 0 Å². The van der Waals surface area contributed by atoms with Crippen LogP contribution in [0.25, 0.3) is 0 Å². The van der Waals surface area contributed by atoms with Gasteiger partial charge in [-0.1, -0.05) is 13.8 Å². The Kier molecular flexibility index (Phi) is 2.00. The van der Waals surface area contributed by atoms with Gasteiger partial charge in [-0.25, -0.2) is 4.98 Å². The lowest BCUT2D eigenvalue weighted by atomic mass is 9.88. The maximum atomic E-state index is 5.61. The Labute approximate surface area is 67.0 Å². The van der Waals surface area contributed by atoms with Crippen LogP contribution in [0, 0.1) is 6.92 Å². The van der Waals surface area contributed by atoms with E-state index >= 15 is 0 Å². The van der Waals surface area contributed by atoms with Crippen molar-refractivity contribution in [2.75, 3.05) is 6.54 Å². The van der Waals surface area contributed by atoms with E-state index in [0.29, 0.717) is 6.54 Å². The predicted molar refractivity (Wildman–Crippen MR) is 45.4 cm³/mol. The lowest BCUT2D eigenvalue weighted by Crippen LogP contribution is -2.29. The van der Waals surface area contributed by atoms with Crippen LogP contribution >= 0.6 is 0 Å². The maximum absolute atomic E-state index is 5.61. The van der Waals surface area contributed by atoms with Crippen LogP contribution in [0.15, 0.2) is 6.33 Å². The fourth-order valence-electron chi connectivity index (χ4n) is 1.14. The third kappa shape index (κ3) is 1.43. The smallest absolute Gasteiger partial charge is 0.0925 e. The van der Waals surface area contributed by atoms with E-state index in [2.05, 4.69) is 23.8 Å². The van der Waals surface area contributed by atoms with Crippen molar-refractivity contribution in [1.82, 2.24) is 9.97 Å². The van der Waals surface area contributed by atoms with Gasteiger partial charge in [-0.3, -0.25) is 0 Å². The van der Waals surface area contributed by atoms with Crippen molar-refractivity contribution >= 4 is 0 Å². The second-order valence-corrected chi connectivity index (χ2v) is 3.46. The van der Waals surface area contributed by atoms with Gasteiger partial charge in [0.25, 0.3) is 0 Å². The SMILES string of the molecule is Cc1[nH]cnc1C(C)(C)CN. The molecule has 0 spiro atoms. The van der Waals surface area contributed by atoms with Gasteiger partial charge in [-0.15, -0.1) is 0 Å². The van der Waals surface area contributed by atoms with Crippen LogP contribution < -0.4 is 5.73 Å². The van der Waals surface area contributed by atoms with E-state index in [4.69, 9.17) is 5.73 Å². The second-order valence-electron chi connectivity index (χ2n) is 3.46. The van der Waals surface area contributed by atoms with Crippen LogP contribution in [-0.4, -0.2) is 16.5 Å². The van der Waals surface area contributed by atoms with Crippen LogP contribution in [0.3, 0.4) is 0 Å². The molecule has 0 fully saturated rings. The van der Waals surface area contributed by atoms with Gasteiger partial charge in [-0.05, 0) is 6.92 Å². The number of rotatable bonds is 2. The molecule has 1 rings (SSSR count). The van der Waals surface area contributed by atoms with Crippen molar-refractivity contribution in [3.05, 3.63) is 17.7 Å². The topological polar surface area (TPSA) is 54.7 Å². The highest BCUT2D eigenvalue weighted by Crippen LogP contribution is 2.21. The highest BCUT2D eigenvalue weighted by molar-refractivity contribution is 5.19. The first-order chi connectivity index (χ1) is 5.08. The van der Waals surface area contributed by atoms with E-state index in [1.165, 1.54) is 0 Å². The zero-order chi connectivity index (χ0) is 8.48. The summed E-state index contributed by atoms with van der Waals surface area (Å²) in [6.45, 7) is 6.82. The molecular formula is C8H15N3. The summed E-state index contributed by atoms with van der Waals surface area (Å²) in [6, 6.07) is 0. The summed E-state index contributed by atoms with van der Waals surface area (Å²) in [7, 11) is 0. The number of aryl methyl sites for hydroxylation is 1. The molecule has 62 valence electrons. The van der Waals surface area contributed by atoms with Gasteiger partial charge >= 0.3 is 0 Å². The van der Waals surface area contributed by atoms with Crippen molar-refractivity contribution in [3.8, 4) is 0 Å². The molecule has 1 heterocycles. The Hall–Kier alpha value is -0.830. The van der Waals surface area contributed by atoms with Gasteiger partial charge in [0.15, 0.2) is 0 Å². The van der Waals surface area contributed by atoms with E-state index in [0.717, 1.165) is 11.4 Å². The number of imidazole rings is 1. The molecule has 1 aromatic rings. The van der Waals surface area contributed by atoms with Crippen molar-refractivity contribution in [2.45, 2.75) is 26.2 Å². The molecule has 0 aliphatic heterocycles. The third-order valence-corrected chi connectivity index (χ3v) is 1.98. The van der Waals surface area contributed by atoms with E-state index in [1.54, 1.807) is 6.33 Å². The first-order valence-electron chi connectivity index (χ1n) is 3.78. The minimum Gasteiger partial charge on any atom is -0.348 e. The molecule has 0 saturated carbocycles. The molecule has 0 aliphatic rings. The zero-order valence-corrected chi connectivity index (χ0v) is 7.31. The summed E-state index contributed by atoms with van der Waals surface area (Å²) in [6.07, 6.45) is 1.71. The molecule has 1 aromatic heterocycles. The number of H-pyrrole nitrogens is 1. The molecule has 3 N–H and O–H groups in total. The van der Waals surface area contributed by atoms with Crippen LogP contribution in [-0.2, 0) is 5.41 Å². The molecule has 0 unspecified atom stereocenters. The summed E-state index contributed by atoms with van der Waals surface area (Å²) < 4.78 is 0. The van der Waals surface area contributed by atoms with Gasteiger partial charge in [0.05, 0.1) is 12.0 Å². The van der Waals surface area contributed by atoms with Crippen molar-refractivity contribution in [3.63, 3.8) is 0 Å². The summed E-state index contributed by atoms with van der Waals surface area (Å²) >= 11 is 0. The average molecular weight is 153 g/mol. The van der Waals surface area contributed by atoms with Crippen molar-refractivity contribution < 1.29 is 0 Å². The Morgan fingerprint density at radius 2 is 2.27 bits per heavy atom. The Morgan fingerprint density at radius 1 is 1.64 bits per heavy atom. The largest absolute Gasteiger partial charge is 0.348 e. The molecule has 0 radical (unpaired) electrons. The van der Waals surface area contributed by atoms with Crippen molar-refractivity contribution in [2.24, 2.45) is 5.73 Å². The van der Waals surface area contributed by atoms with Gasteiger partial charge < -0.3 is 10.7 Å². The molecule has 0 bridgehead atoms. The van der Waals surface area contributed by atoms with E-state index in [-0.39, 0.29) is 5.41 Å². The molecule has 0 aromatic carbocycles. The van der Waals surface area contributed by atoms with Crippen LogP contribution in [0.4, 0.5) is 0 Å². The Bertz CT molecular complexity index is 237. The summed E-state index contributed by atoms with van der Waals surface area (Å²) in [5.74, 6) is 0. The highest BCUT2D eigenvalue weighted by Gasteiger charge is 2.22. The number of nitrogens with zero attached hydrogens (tertiary/aromatic N) is 1. The quantitative estimate of drug-likeness (QED) is 0.664. The number of aromatic amines is 1. The first kappa shape index (κ1) is 8.27. The minimum atomic E-state index is -0.00984. The first-order valence-corrected chi connectivity index (χ1v) is 3.78. The lowest BCUT2D eigenvalue weighted by Gasteiger charge is -2.20. The number of hydrogen-bond acceptors (Lipinski definition) is 2. The monoisotopic (exact) mass is 153 g/mol. The lowest BCUT2D eigenvalue weighted by molar-refractivity contribution is 0.521. The second kappa shape index (κ2) is 2.66.